The van der Waals surface area contributed by atoms with E-state index in [2.05, 4.69) is 29.7 Å². The number of benzene rings is 4. The van der Waals surface area contributed by atoms with Crippen molar-refractivity contribution in [3.05, 3.63) is 116 Å². The third-order valence-electron chi connectivity index (χ3n) is 15.4. The van der Waals surface area contributed by atoms with Crippen molar-refractivity contribution in [2.75, 3.05) is 80.3 Å². The van der Waals surface area contributed by atoms with Crippen molar-refractivity contribution >= 4 is 65.0 Å². The van der Waals surface area contributed by atoms with E-state index in [1.54, 1.807) is 41.4 Å². The minimum Gasteiger partial charge on any atom is -0.391 e. The number of nitrogens with one attached hydrogen (secondary N) is 2. The fraction of sp³-hybridized carbons (Fsp3) is 0.353. The van der Waals surface area contributed by atoms with Gasteiger partial charge in [-0.05, 0) is 85.5 Å². The summed E-state index contributed by atoms with van der Waals surface area (Å²) < 4.78 is 63.9. The third-order valence-corrected chi connectivity index (χ3v) is 19.2. The first-order valence-electron chi connectivity index (χ1n) is 23.8. The number of hydrogen-bond acceptors (Lipinski definition) is 12. The van der Waals surface area contributed by atoms with Crippen molar-refractivity contribution in [1.29, 1.82) is 0 Å². The zero-order chi connectivity index (χ0) is 48.1. The van der Waals surface area contributed by atoms with Crippen LogP contribution >= 0.6 is 0 Å². The highest BCUT2D eigenvalue weighted by molar-refractivity contribution is 7.89. The maximum absolute atomic E-state index is 15.2. The number of anilines is 3. The van der Waals surface area contributed by atoms with Gasteiger partial charge in [-0.25, -0.2) is 26.8 Å². The average Bonchev–Trinajstić information content (AvgIpc) is 4.17. The van der Waals surface area contributed by atoms with E-state index in [0.29, 0.717) is 62.5 Å². The largest absolute Gasteiger partial charge is 0.391 e. The number of carbonyl (C=O) groups is 1. The number of aromatic amines is 2. The molecule has 4 N–H and O–H groups in total. The highest BCUT2D eigenvalue weighted by Gasteiger charge is 2.67. The molecule has 5 aliphatic rings. The van der Waals surface area contributed by atoms with E-state index in [9.17, 15) is 15.0 Å². The highest BCUT2D eigenvalue weighted by Crippen LogP contribution is 2.52. The molecule has 3 aromatic heterocycles. The van der Waals surface area contributed by atoms with E-state index in [-0.39, 0.29) is 60.4 Å². The smallest absolute Gasteiger partial charge is 0.244 e. The Bertz CT molecular complexity index is 3330. The summed E-state index contributed by atoms with van der Waals surface area (Å²) in [6.45, 7) is 4.53. The number of aliphatic hydroxyl groups excluding tert-OH is 2. The molecule has 4 aromatic carbocycles. The molecule has 17 nitrogen and oxygen atoms in total. The molecule has 1 amide bonds. The number of aromatic nitrogens is 4. The quantitative estimate of drug-likeness (QED) is 0.144. The SMILES string of the molecule is CC(=O)N1CC2(C1)C(C1CN(c3ccncn3)CN(S(=O)(=O)c3ccc(N4CC[C@H](O)C4)c(-c4cc5ccccc5[nH]4)c3)C1)CN2S(=O)(=O)c1ccc(N2CC[C@H](O)C2)c(-c2cc3ccccc3[nH]2)c1. The summed E-state index contributed by atoms with van der Waals surface area (Å²) >= 11 is 0. The van der Waals surface area contributed by atoms with Crippen molar-refractivity contribution in [3.8, 4) is 22.5 Å². The molecule has 19 heteroatoms. The van der Waals surface area contributed by atoms with Crippen LogP contribution in [-0.2, 0) is 24.8 Å². The predicted molar refractivity (Wildman–Crippen MR) is 267 cm³/mol. The lowest BCUT2D eigenvalue weighted by atomic mass is 9.64. The summed E-state index contributed by atoms with van der Waals surface area (Å²) in [4.78, 5) is 36.5. The second-order valence-electron chi connectivity index (χ2n) is 19.6. The predicted octanol–water partition coefficient (Wildman–Crippen LogP) is 4.92. The average molecular weight is 983 g/mol. The van der Waals surface area contributed by atoms with Gasteiger partial charge in [0.05, 0.1) is 34.2 Å². The Morgan fingerprint density at radius 3 is 1.76 bits per heavy atom. The van der Waals surface area contributed by atoms with E-state index in [1.807, 2.05) is 77.7 Å². The van der Waals surface area contributed by atoms with Gasteiger partial charge in [0, 0.05) is 134 Å². The zero-order valence-electron chi connectivity index (χ0n) is 38.6. The fourth-order valence-electron chi connectivity index (χ4n) is 11.7. The van der Waals surface area contributed by atoms with Gasteiger partial charge < -0.3 is 39.8 Å². The van der Waals surface area contributed by atoms with Gasteiger partial charge in [0.1, 0.15) is 12.1 Å². The molecule has 8 heterocycles. The molecule has 12 rings (SSSR count). The molecule has 0 saturated carbocycles. The Labute approximate surface area is 406 Å². The second-order valence-corrected chi connectivity index (χ2v) is 23.4. The van der Waals surface area contributed by atoms with Crippen molar-refractivity contribution in [3.63, 3.8) is 0 Å². The van der Waals surface area contributed by atoms with Crippen LogP contribution in [0.15, 0.2) is 125 Å². The molecule has 5 aliphatic heterocycles. The normalized spacial score (nSPS) is 23.1. The number of hydrogen-bond donors (Lipinski definition) is 4. The van der Waals surface area contributed by atoms with Gasteiger partial charge in [0.25, 0.3) is 0 Å². The molecule has 70 heavy (non-hydrogen) atoms. The number of sulfonamides is 2. The van der Waals surface area contributed by atoms with E-state index >= 15 is 16.8 Å². The Hall–Kier alpha value is -6.35. The molecule has 362 valence electrons. The Morgan fingerprint density at radius 2 is 1.24 bits per heavy atom. The van der Waals surface area contributed by atoms with Crippen LogP contribution in [0.25, 0.3) is 44.3 Å². The van der Waals surface area contributed by atoms with Crippen molar-refractivity contribution in [2.24, 2.45) is 11.8 Å². The van der Waals surface area contributed by atoms with E-state index in [4.69, 9.17) is 0 Å². The van der Waals surface area contributed by atoms with Gasteiger partial charge >= 0.3 is 0 Å². The minimum atomic E-state index is -4.21. The van der Waals surface area contributed by atoms with Gasteiger partial charge in [-0.1, -0.05) is 36.4 Å². The van der Waals surface area contributed by atoms with Gasteiger partial charge in [-0.3, -0.25) is 4.79 Å². The van der Waals surface area contributed by atoms with Crippen LogP contribution in [0.4, 0.5) is 17.2 Å². The monoisotopic (exact) mass is 982 g/mol. The molecule has 1 spiro atoms. The molecule has 0 aliphatic carbocycles. The molecule has 0 bridgehead atoms. The molecular formula is C51H54N10O7S2. The summed E-state index contributed by atoms with van der Waals surface area (Å²) in [7, 11) is -8.39. The zero-order valence-corrected chi connectivity index (χ0v) is 40.2. The molecule has 4 atom stereocenters. The van der Waals surface area contributed by atoms with Crippen LogP contribution < -0.4 is 14.7 Å². The molecular weight excluding hydrogens is 929 g/mol. The summed E-state index contributed by atoms with van der Waals surface area (Å²) in [6.07, 6.45) is 3.27. The molecule has 7 aromatic rings. The fourth-order valence-corrected chi connectivity index (χ4v) is 15.0. The number of para-hydroxylation sites is 2. The number of nitrogens with zero attached hydrogens (tertiary/aromatic N) is 8. The van der Waals surface area contributed by atoms with Crippen LogP contribution in [0.1, 0.15) is 19.8 Å². The maximum atomic E-state index is 15.2. The topological polar surface area (TPSA) is 203 Å². The van der Waals surface area contributed by atoms with Crippen LogP contribution in [0.2, 0.25) is 0 Å². The Kier molecular flexibility index (Phi) is 10.8. The van der Waals surface area contributed by atoms with Crippen LogP contribution in [0.3, 0.4) is 0 Å². The molecule has 5 fully saturated rings. The van der Waals surface area contributed by atoms with Gasteiger partial charge in [-0.2, -0.15) is 8.61 Å². The van der Waals surface area contributed by atoms with Gasteiger partial charge in [-0.15, -0.1) is 0 Å². The first-order valence-corrected chi connectivity index (χ1v) is 26.7. The van der Waals surface area contributed by atoms with E-state index < -0.39 is 37.8 Å². The lowest BCUT2D eigenvalue weighted by Gasteiger charge is -2.67. The third kappa shape index (κ3) is 7.52. The molecule has 2 unspecified atom stereocenters. The van der Waals surface area contributed by atoms with E-state index in [0.717, 1.165) is 44.6 Å². The summed E-state index contributed by atoms with van der Waals surface area (Å²) in [5.41, 5.74) is 5.36. The first-order chi connectivity index (χ1) is 33.7. The lowest BCUT2D eigenvalue weighted by Crippen LogP contribution is -2.84. The molecule has 0 radical (unpaired) electrons. The second kappa shape index (κ2) is 16.9. The van der Waals surface area contributed by atoms with Gasteiger partial charge in [0.2, 0.25) is 26.0 Å². The summed E-state index contributed by atoms with van der Waals surface area (Å²) in [6, 6.07) is 31.9. The summed E-state index contributed by atoms with van der Waals surface area (Å²) in [5, 5.41) is 23.0. The Morgan fingerprint density at radius 1 is 0.671 bits per heavy atom. The number of carbonyl (C=O) groups excluding carboxylic acids is 1. The Balaban J connectivity index is 0.898. The number of amides is 1. The molecule has 5 saturated heterocycles. The van der Waals surface area contributed by atoms with Crippen LogP contribution in [0.5, 0.6) is 0 Å². The highest BCUT2D eigenvalue weighted by atomic mass is 32.2. The number of aliphatic hydroxyl groups is 2. The van der Waals surface area contributed by atoms with E-state index in [1.165, 1.54) is 21.9 Å². The first kappa shape index (κ1) is 44.8. The number of H-pyrrole nitrogens is 2. The number of likely N-dealkylation sites (tertiary alicyclic amines) is 1. The standard InChI is InChI=1S/C51H54N10O7S2/c1-33(62)59-29-51(30-59)43(28-61(51)70(67,68)40-11-13-49(57-19-16-38(64)27-57)42(23-40)47-21-35-7-3-5-9-45(35)55-47)36-24-58(50-14-17-52-31-53-50)32-60(25-36)69(65,66)39-10-12-48(56-18-15-37(63)26-56)41(22-39)46-20-34-6-2-4-8-44(34)54-46/h2-14,17,20-23,31,36-38,43,54-55,63-64H,15-16,18-19,24-30,32H2,1H3/t36?,37-,38-,43?/m0/s1. The lowest BCUT2D eigenvalue weighted by molar-refractivity contribution is -0.168. The van der Waals surface area contributed by atoms with Gasteiger partial charge in [0.15, 0.2) is 0 Å². The summed E-state index contributed by atoms with van der Waals surface area (Å²) in [5.74, 6) is -0.332. The van der Waals surface area contributed by atoms with Crippen LogP contribution in [0, 0.1) is 11.8 Å². The van der Waals surface area contributed by atoms with Crippen molar-refractivity contribution < 1.29 is 31.8 Å². The van der Waals surface area contributed by atoms with Crippen LogP contribution in [-0.4, -0.2) is 150 Å². The number of β-amino-alcohol motifs (C(OH)–C–C–N with tert-alkyl or cyclic N) is 2. The minimum absolute atomic E-state index is 0.00410. The van der Waals surface area contributed by atoms with Crippen molar-refractivity contribution in [2.45, 2.75) is 47.3 Å². The number of fused-ring (bicyclic) bond motifs is 2. The number of rotatable bonds is 10. The van der Waals surface area contributed by atoms with Crippen molar-refractivity contribution in [1.82, 2.24) is 33.4 Å². The maximum Gasteiger partial charge on any atom is 0.244 e.